The molecule has 0 heterocycles. The molecular weight excluding hydrogens is 432 g/mol. The number of fused-ring (bicyclic) bond motifs is 2. The Morgan fingerprint density at radius 3 is 1.60 bits per heavy atom. The van der Waals surface area contributed by atoms with Crippen molar-refractivity contribution in [2.75, 3.05) is 0 Å². The highest BCUT2D eigenvalue weighted by Crippen LogP contribution is 2.35. The summed E-state index contributed by atoms with van der Waals surface area (Å²) >= 11 is 0. The summed E-state index contributed by atoms with van der Waals surface area (Å²) in [4.78, 5) is 10.5. The van der Waals surface area contributed by atoms with Crippen LogP contribution in [0.2, 0.25) is 0 Å². The highest BCUT2D eigenvalue weighted by Gasteiger charge is 2.12. The van der Waals surface area contributed by atoms with E-state index in [1.54, 1.807) is 0 Å². The Kier molecular flexibility index (Phi) is 11.9. The Labute approximate surface area is 211 Å². The molecule has 35 heavy (non-hydrogen) atoms. The van der Waals surface area contributed by atoms with Crippen molar-refractivity contribution in [3.63, 3.8) is 0 Å². The second kappa shape index (κ2) is 15.4. The van der Waals surface area contributed by atoms with E-state index in [0.29, 0.717) is 6.42 Å². The van der Waals surface area contributed by atoms with E-state index in [2.05, 4.69) is 61.5 Å². The third-order valence-electron chi connectivity index (χ3n) is 7.04. The van der Waals surface area contributed by atoms with Gasteiger partial charge in [-0.2, -0.15) is 0 Å². The molecule has 1 N–H and O–H groups in total. The van der Waals surface area contributed by atoms with Gasteiger partial charge in [-0.1, -0.05) is 119 Å². The molecule has 3 aromatic rings. The van der Waals surface area contributed by atoms with Crippen molar-refractivity contribution in [2.24, 2.45) is 0 Å². The van der Waals surface area contributed by atoms with Crippen LogP contribution in [-0.4, -0.2) is 17.2 Å². The molecule has 0 radical (unpaired) electrons. The molecule has 3 heteroatoms. The molecule has 3 aromatic carbocycles. The second-order valence-corrected chi connectivity index (χ2v) is 10.1. The first-order valence-corrected chi connectivity index (χ1v) is 13.9. The van der Waals surface area contributed by atoms with Gasteiger partial charge in [0, 0.05) is 17.2 Å². The molecule has 190 valence electrons. The Hall–Kier alpha value is -2.55. The van der Waals surface area contributed by atoms with Crippen LogP contribution in [0.4, 0.5) is 0 Å². The number of carboxylic acid groups (broad SMARTS) is 1. The average molecular weight is 477 g/mol. The van der Waals surface area contributed by atoms with Gasteiger partial charge in [-0.25, -0.2) is 0 Å². The maximum absolute atomic E-state index is 10.5. The van der Waals surface area contributed by atoms with Crippen LogP contribution in [0.5, 0.6) is 5.75 Å². The molecule has 0 aliphatic carbocycles. The van der Waals surface area contributed by atoms with Gasteiger partial charge in [0.1, 0.15) is 5.75 Å². The van der Waals surface area contributed by atoms with Gasteiger partial charge in [0.25, 0.3) is 0 Å². The molecule has 1 atom stereocenters. The molecule has 0 aliphatic rings. The second-order valence-electron chi connectivity index (χ2n) is 10.1. The summed E-state index contributed by atoms with van der Waals surface area (Å²) in [5.74, 6) is 0.369. The molecule has 0 bridgehead atoms. The van der Waals surface area contributed by atoms with E-state index in [9.17, 15) is 4.79 Å². The standard InChI is InChI=1S/C32H44O3/c1-26(19-13-11-9-7-5-3-2-4-6-8-10-12-14-24-31(33)34)35-32-29-22-17-15-20-27(29)25-28-21-16-18-23-30(28)32/h15-18,20-23,25-26H,2-14,19,24H2,1H3,(H,33,34)/t26-/m1/s1. The van der Waals surface area contributed by atoms with Gasteiger partial charge < -0.3 is 9.84 Å². The van der Waals surface area contributed by atoms with E-state index in [4.69, 9.17) is 9.84 Å². The van der Waals surface area contributed by atoms with E-state index in [0.717, 1.165) is 25.0 Å². The number of carboxylic acids is 1. The van der Waals surface area contributed by atoms with E-state index < -0.39 is 5.97 Å². The van der Waals surface area contributed by atoms with Crippen LogP contribution in [0.1, 0.15) is 103 Å². The van der Waals surface area contributed by atoms with Crippen molar-refractivity contribution in [2.45, 2.75) is 109 Å². The minimum Gasteiger partial charge on any atom is -0.489 e. The van der Waals surface area contributed by atoms with Gasteiger partial charge in [0.05, 0.1) is 6.10 Å². The monoisotopic (exact) mass is 476 g/mol. The Morgan fingerprint density at radius 1 is 0.686 bits per heavy atom. The van der Waals surface area contributed by atoms with E-state index in [1.807, 2.05) is 0 Å². The van der Waals surface area contributed by atoms with Crippen LogP contribution in [0.3, 0.4) is 0 Å². The molecule has 3 nitrogen and oxygen atoms in total. The lowest BCUT2D eigenvalue weighted by atomic mass is 10.0. The quantitative estimate of drug-likeness (QED) is 0.147. The zero-order chi connectivity index (χ0) is 24.7. The highest BCUT2D eigenvalue weighted by molar-refractivity contribution is 6.05. The molecule has 0 spiro atoms. The Bertz CT molecular complexity index is 972. The number of ether oxygens (including phenoxy) is 1. The number of rotatable bonds is 18. The summed E-state index contributed by atoms with van der Waals surface area (Å²) in [5, 5.41) is 13.5. The van der Waals surface area contributed by atoms with Crippen molar-refractivity contribution in [1.82, 2.24) is 0 Å². The predicted octanol–water partition coefficient (Wildman–Crippen LogP) is 9.70. The summed E-state index contributed by atoms with van der Waals surface area (Å²) in [6.07, 6.45) is 17.9. The minimum absolute atomic E-state index is 0.216. The van der Waals surface area contributed by atoms with Crippen molar-refractivity contribution in [1.29, 1.82) is 0 Å². The third-order valence-corrected chi connectivity index (χ3v) is 7.04. The van der Waals surface area contributed by atoms with Gasteiger partial charge in [0.15, 0.2) is 0 Å². The summed E-state index contributed by atoms with van der Waals surface area (Å²) in [6.45, 7) is 2.21. The van der Waals surface area contributed by atoms with Crippen molar-refractivity contribution in [3.8, 4) is 5.75 Å². The Morgan fingerprint density at radius 2 is 1.11 bits per heavy atom. The molecule has 0 aromatic heterocycles. The molecule has 0 amide bonds. The third kappa shape index (κ3) is 9.55. The lowest BCUT2D eigenvalue weighted by molar-refractivity contribution is -0.137. The van der Waals surface area contributed by atoms with Crippen LogP contribution in [0, 0.1) is 0 Å². The van der Waals surface area contributed by atoms with Gasteiger partial charge in [-0.3, -0.25) is 4.79 Å². The number of aliphatic carboxylic acids is 1. The summed E-state index contributed by atoms with van der Waals surface area (Å²) in [5.41, 5.74) is 0. The fourth-order valence-electron chi connectivity index (χ4n) is 5.01. The van der Waals surface area contributed by atoms with Gasteiger partial charge >= 0.3 is 5.97 Å². The zero-order valence-corrected chi connectivity index (χ0v) is 21.6. The van der Waals surface area contributed by atoms with Crippen LogP contribution in [0.15, 0.2) is 54.6 Å². The number of hydrogen-bond donors (Lipinski definition) is 1. The first-order chi connectivity index (χ1) is 17.1. The number of hydrogen-bond acceptors (Lipinski definition) is 2. The summed E-state index contributed by atoms with van der Waals surface area (Å²) in [7, 11) is 0. The van der Waals surface area contributed by atoms with Crippen LogP contribution in [0.25, 0.3) is 21.5 Å². The van der Waals surface area contributed by atoms with E-state index in [-0.39, 0.29) is 6.10 Å². The predicted molar refractivity (Wildman–Crippen MR) is 148 cm³/mol. The van der Waals surface area contributed by atoms with E-state index >= 15 is 0 Å². The normalized spacial score (nSPS) is 12.3. The largest absolute Gasteiger partial charge is 0.489 e. The molecule has 0 unspecified atom stereocenters. The fraction of sp³-hybridized carbons (Fsp3) is 0.531. The van der Waals surface area contributed by atoms with Crippen LogP contribution >= 0.6 is 0 Å². The highest BCUT2D eigenvalue weighted by atomic mass is 16.5. The van der Waals surface area contributed by atoms with Crippen molar-refractivity contribution < 1.29 is 14.6 Å². The molecule has 0 fully saturated rings. The average Bonchev–Trinajstić information content (AvgIpc) is 2.86. The smallest absolute Gasteiger partial charge is 0.303 e. The van der Waals surface area contributed by atoms with E-state index in [1.165, 1.54) is 92.2 Å². The summed E-state index contributed by atoms with van der Waals surface area (Å²) < 4.78 is 6.54. The number of carbonyl (C=O) groups is 1. The molecule has 0 saturated heterocycles. The van der Waals surface area contributed by atoms with Gasteiger partial charge in [-0.05, 0) is 43.0 Å². The Balaban J connectivity index is 1.25. The number of unbranched alkanes of at least 4 members (excludes halogenated alkanes) is 12. The van der Waals surface area contributed by atoms with Gasteiger partial charge in [0.2, 0.25) is 0 Å². The molecular formula is C32H44O3. The van der Waals surface area contributed by atoms with Crippen molar-refractivity contribution >= 4 is 27.5 Å². The fourth-order valence-corrected chi connectivity index (χ4v) is 5.01. The maximum atomic E-state index is 10.5. The zero-order valence-electron chi connectivity index (χ0n) is 21.6. The maximum Gasteiger partial charge on any atom is 0.303 e. The first kappa shape index (κ1) is 27.0. The lowest BCUT2D eigenvalue weighted by Gasteiger charge is -2.18. The summed E-state index contributed by atoms with van der Waals surface area (Å²) in [6, 6.07) is 19.3. The molecule has 0 aliphatic heterocycles. The topological polar surface area (TPSA) is 46.5 Å². The van der Waals surface area contributed by atoms with Crippen molar-refractivity contribution in [3.05, 3.63) is 54.6 Å². The van der Waals surface area contributed by atoms with Gasteiger partial charge in [-0.15, -0.1) is 0 Å². The lowest BCUT2D eigenvalue weighted by Crippen LogP contribution is -2.12. The van der Waals surface area contributed by atoms with Crippen LogP contribution in [-0.2, 0) is 4.79 Å². The molecule has 3 rings (SSSR count). The minimum atomic E-state index is -0.664. The first-order valence-electron chi connectivity index (χ1n) is 13.9. The molecule has 0 saturated carbocycles. The van der Waals surface area contributed by atoms with Crippen LogP contribution < -0.4 is 4.74 Å². The number of benzene rings is 3. The SMILES string of the molecule is C[C@H](CCCCCCCCCCCCCCCC(=O)O)Oc1c2ccccc2cc2ccccc12.